The van der Waals surface area contributed by atoms with E-state index >= 15 is 0 Å². The van der Waals surface area contributed by atoms with Gasteiger partial charge in [0.1, 0.15) is 12.6 Å². The number of nitrogens with one attached hydrogen (secondary N) is 2. The Morgan fingerprint density at radius 2 is 1.88 bits per heavy atom. The van der Waals surface area contributed by atoms with E-state index in [0.717, 1.165) is 34.6 Å². The van der Waals surface area contributed by atoms with Crippen LogP contribution in [-0.2, 0) is 11.4 Å². The van der Waals surface area contributed by atoms with Crippen LogP contribution in [-0.4, -0.2) is 33.5 Å². The fourth-order valence-electron chi connectivity index (χ4n) is 4.61. The molecule has 4 aromatic rings. The molecule has 0 saturated carbocycles. The summed E-state index contributed by atoms with van der Waals surface area (Å²) in [7, 11) is 1.60. The average molecular weight is 590 g/mol. The number of aromatic nitrogens is 3. The number of nitrogens with zero attached hydrogens (tertiary/aromatic N) is 3. The van der Waals surface area contributed by atoms with Crippen molar-refractivity contribution < 1.29 is 14.3 Å². The minimum absolute atomic E-state index is 0.222. The number of halogens is 1. The van der Waals surface area contributed by atoms with E-state index in [-0.39, 0.29) is 5.91 Å². The molecule has 0 radical (unpaired) electrons. The van der Waals surface area contributed by atoms with Gasteiger partial charge in [-0.15, -0.1) is 5.10 Å². The number of hydrogen-bond acceptors (Lipinski definition) is 7. The molecule has 2 heterocycles. The normalized spacial score (nSPS) is 14.3. The highest BCUT2D eigenvalue weighted by Crippen LogP contribution is 2.40. The van der Waals surface area contributed by atoms with Gasteiger partial charge in [0.05, 0.1) is 12.7 Å². The Labute approximate surface area is 249 Å². The molecule has 1 aromatic heterocycles. The monoisotopic (exact) mass is 589 g/mol. The molecule has 1 atom stereocenters. The lowest BCUT2D eigenvalue weighted by molar-refractivity contribution is -0.113. The number of ether oxygens (including phenoxy) is 2. The van der Waals surface area contributed by atoms with E-state index in [9.17, 15) is 4.79 Å². The summed E-state index contributed by atoms with van der Waals surface area (Å²) in [6, 6.07) is 20.4. The smallest absolute Gasteiger partial charge is 0.255 e. The number of allylic oxidation sites excluding steroid dienone is 1. The van der Waals surface area contributed by atoms with Crippen LogP contribution < -0.4 is 20.1 Å². The van der Waals surface area contributed by atoms with Gasteiger partial charge in [-0.3, -0.25) is 4.79 Å². The molecule has 10 heteroatoms. The van der Waals surface area contributed by atoms with Crippen LogP contribution in [0.2, 0.25) is 5.02 Å². The number of hydrogen-bond donors (Lipinski definition) is 2. The van der Waals surface area contributed by atoms with Crippen LogP contribution in [0, 0.1) is 6.92 Å². The van der Waals surface area contributed by atoms with Crippen LogP contribution in [0.25, 0.3) is 0 Å². The molecule has 3 aromatic carbocycles. The Kier molecular flexibility index (Phi) is 8.85. The van der Waals surface area contributed by atoms with Gasteiger partial charge < -0.3 is 20.1 Å². The molecule has 1 unspecified atom stereocenters. The lowest BCUT2D eigenvalue weighted by Crippen LogP contribution is -2.31. The SMILES string of the molecule is CCCSc1nc2n(n1)C(c1ccc(OCc3ccc(Cl)cc3)c(OC)c1)C(C(=O)Nc1ccccc1C)=C(C)N2. The Hall–Kier alpha value is -3.95. The molecule has 8 nitrogen and oxygen atoms in total. The third-order valence-corrected chi connectivity index (χ3v) is 8.01. The molecule has 0 aliphatic carbocycles. The molecule has 0 spiro atoms. The lowest BCUT2D eigenvalue weighted by atomic mass is 9.94. The first kappa shape index (κ1) is 28.6. The van der Waals surface area contributed by atoms with Gasteiger partial charge in [0.2, 0.25) is 11.1 Å². The van der Waals surface area contributed by atoms with Gasteiger partial charge in [-0.1, -0.05) is 66.7 Å². The first-order chi connectivity index (χ1) is 19.9. The average Bonchev–Trinajstić information content (AvgIpc) is 3.38. The minimum atomic E-state index is -0.544. The number of thioether (sulfide) groups is 1. The summed E-state index contributed by atoms with van der Waals surface area (Å²) in [6.45, 7) is 6.33. The Morgan fingerprint density at radius 3 is 2.61 bits per heavy atom. The number of carbonyl (C=O) groups excluding carboxylic acids is 1. The number of fused-ring (bicyclic) bond motifs is 1. The van der Waals surface area contributed by atoms with Crippen molar-refractivity contribution in [2.24, 2.45) is 0 Å². The van der Waals surface area contributed by atoms with Gasteiger partial charge in [-0.05, 0) is 67.3 Å². The van der Waals surface area contributed by atoms with E-state index in [1.807, 2.05) is 80.6 Å². The van der Waals surface area contributed by atoms with Crippen molar-refractivity contribution in [1.29, 1.82) is 0 Å². The van der Waals surface area contributed by atoms with Crippen molar-refractivity contribution >= 4 is 40.9 Å². The second kappa shape index (κ2) is 12.7. The molecular weight excluding hydrogens is 558 g/mol. The maximum Gasteiger partial charge on any atom is 0.255 e. The Balaban J connectivity index is 1.51. The zero-order valence-corrected chi connectivity index (χ0v) is 25.0. The molecule has 1 aliphatic heterocycles. The molecule has 1 aliphatic rings. The maximum atomic E-state index is 13.9. The summed E-state index contributed by atoms with van der Waals surface area (Å²) >= 11 is 7.60. The number of methoxy groups -OCH3 is 1. The molecule has 212 valence electrons. The van der Waals surface area contributed by atoms with Gasteiger partial charge in [0.15, 0.2) is 11.5 Å². The van der Waals surface area contributed by atoms with Crippen LogP contribution in [0.5, 0.6) is 11.5 Å². The number of carbonyl (C=O) groups is 1. The third-order valence-electron chi connectivity index (χ3n) is 6.72. The number of rotatable bonds is 10. The summed E-state index contributed by atoms with van der Waals surface area (Å²) in [5.74, 6) is 2.40. The number of anilines is 2. The summed E-state index contributed by atoms with van der Waals surface area (Å²) < 4.78 is 13.6. The van der Waals surface area contributed by atoms with Crippen molar-refractivity contribution in [2.45, 2.75) is 45.0 Å². The highest BCUT2D eigenvalue weighted by atomic mass is 35.5. The molecule has 41 heavy (non-hydrogen) atoms. The van der Waals surface area contributed by atoms with Crippen molar-refractivity contribution in [3.8, 4) is 11.5 Å². The summed E-state index contributed by atoms with van der Waals surface area (Å²) in [5.41, 5.74) is 4.77. The van der Waals surface area contributed by atoms with E-state index in [4.69, 9.17) is 31.2 Å². The predicted molar refractivity (Wildman–Crippen MR) is 164 cm³/mol. The second-order valence-electron chi connectivity index (χ2n) is 9.67. The number of aryl methyl sites for hydroxylation is 1. The van der Waals surface area contributed by atoms with Gasteiger partial charge in [-0.25, -0.2) is 4.68 Å². The Morgan fingerprint density at radius 1 is 1.10 bits per heavy atom. The first-order valence-corrected chi connectivity index (χ1v) is 14.7. The van der Waals surface area contributed by atoms with Gasteiger partial charge in [-0.2, -0.15) is 4.98 Å². The second-order valence-corrected chi connectivity index (χ2v) is 11.2. The summed E-state index contributed by atoms with van der Waals surface area (Å²) in [6.07, 6.45) is 1.00. The molecular formula is C31H32ClN5O3S. The van der Waals surface area contributed by atoms with Gasteiger partial charge in [0, 0.05) is 22.2 Å². The van der Waals surface area contributed by atoms with Gasteiger partial charge >= 0.3 is 0 Å². The zero-order valence-electron chi connectivity index (χ0n) is 23.4. The largest absolute Gasteiger partial charge is 0.493 e. The van der Waals surface area contributed by atoms with E-state index in [0.29, 0.717) is 45.5 Å². The van der Waals surface area contributed by atoms with E-state index in [2.05, 4.69) is 17.6 Å². The molecule has 1 amide bonds. The molecule has 2 N–H and O–H groups in total. The van der Waals surface area contributed by atoms with E-state index < -0.39 is 6.04 Å². The number of para-hydroxylation sites is 1. The predicted octanol–water partition coefficient (Wildman–Crippen LogP) is 7.26. The van der Waals surface area contributed by atoms with Crippen LogP contribution in [0.1, 0.15) is 43.0 Å². The van der Waals surface area contributed by atoms with Crippen molar-refractivity contribution in [2.75, 3.05) is 23.5 Å². The first-order valence-electron chi connectivity index (χ1n) is 13.4. The van der Waals surface area contributed by atoms with Gasteiger partial charge in [0.25, 0.3) is 5.91 Å². The van der Waals surface area contributed by atoms with E-state index in [1.54, 1.807) is 23.6 Å². The molecule has 0 fully saturated rings. The van der Waals surface area contributed by atoms with Crippen LogP contribution in [0.3, 0.4) is 0 Å². The highest BCUT2D eigenvalue weighted by Gasteiger charge is 2.35. The Bertz CT molecular complexity index is 1590. The maximum absolute atomic E-state index is 13.9. The highest BCUT2D eigenvalue weighted by molar-refractivity contribution is 7.99. The fraction of sp³-hybridized carbons (Fsp3) is 0.258. The van der Waals surface area contributed by atoms with Crippen LogP contribution >= 0.6 is 23.4 Å². The standard InChI is InChI=1S/C31H32ClN5O3S/c1-5-16-41-31-35-30-33-20(3)27(29(38)34-24-9-7-6-8-19(24)2)28(37(30)36-31)22-12-15-25(26(17-22)39-4)40-18-21-10-13-23(32)14-11-21/h6-15,17,28H,5,16,18H2,1-4H3,(H,34,38)(H,33,35,36). The number of benzene rings is 3. The topological polar surface area (TPSA) is 90.3 Å². The third kappa shape index (κ3) is 6.36. The zero-order chi connectivity index (χ0) is 28.9. The summed E-state index contributed by atoms with van der Waals surface area (Å²) in [5, 5.41) is 12.5. The van der Waals surface area contributed by atoms with Crippen molar-refractivity contribution in [3.63, 3.8) is 0 Å². The molecule has 0 saturated heterocycles. The quantitative estimate of drug-likeness (QED) is 0.188. The van der Waals surface area contributed by atoms with Crippen LogP contribution in [0.4, 0.5) is 11.6 Å². The van der Waals surface area contributed by atoms with Crippen molar-refractivity contribution in [1.82, 2.24) is 14.8 Å². The van der Waals surface area contributed by atoms with Crippen LogP contribution in [0.15, 0.2) is 83.2 Å². The van der Waals surface area contributed by atoms with Crippen molar-refractivity contribution in [3.05, 3.63) is 99.7 Å². The number of amides is 1. The molecule has 5 rings (SSSR count). The van der Waals surface area contributed by atoms with E-state index in [1.165, 1.54) is 0 Å². The lowest BCUT2D eigenvalue weighted by Gasteiger charge is -2.29. The minimum Gasteiger partial charge on any atom is -0.493 e. The molecule has 0 bridgehead atoms. The fourth-order valence-corrected chi connectivity index (χ4v) is 5.42. The summed E-state index contributed by atoms with van der Waals surface area (Å²) in [4.78, 5) is 18.6.